The molecule has 6 rings (SSSR count). The lowest BCUT2D eigenvalue weighted by Crippen LogP contribution is -2.52. The second-order valence-electron chi connectivity index (χ2n) is 11.5. The predicted octanol–water partition coefficient (Wildman–Crippen LogP) is 4.56. The monoisotopic (exact) mass is 671 g/mol. The molecule has 2 aromatic heterocycles. The van der Waals surface area contributed by atoms with Crippen molar-refractivity contribution in [2.24, 2.45) is 17.6 Å². The lowest BCUT2D eigenvalue weighted by molar-refractivity contribution is -0.142. The van der Waals surface area contributed by atoms with Crippen LogP contribution in [-0.4, -0.2) is 91.2 Å². The van der Waals surface area contributed by atoms with Gasteiger partial charge in [-0.15, -0.1) is 11.3 Å². The van der Waals surface area contributed by atoms with Crippen molar-refractivity contribution in [1.82, 2.24) is 20.1 Å². The van der Waals surface area contributed by atoms with E-state index in [4.69, 9.17) is 26.8 Å². The Balaban J connectivity index is 0.000000220. The van der Waals surface area contributed by atoms with Crippen LogP contribution in [0.25, 0.3) is 21.3 Å². The predicted molar refractivity (Wildman–Crippen MR) is 183 cm³/mol. The number of halogens is 1. The number of hydrogen-bond donors (Lipinski definition) is 2. The molecular weight excluding hydrogens is 626 g/mol. The highest BCUT2D eigenvalue weighted by Crippen LogP contribution is 2.48. The molecule has 1 saturated carbocycles. The van der Waals surface area contributed by atoms with Crippen LogP contribution < -0.4 is 11.1 Å². The van der Waals surface area contributed by atoms with Crippen LogP contribution in [0.3, 0.4) is 0 Å². The van der Waals surface area contributed by atoms with E-state index >= 15 is 0 Å². The minimum absolute atomic E-state index is 0.0167. The number of pyridine rings is 1. The first-order valence-electron chi connectivity index (χ1n) is 16.0. The van der Waals surface area contributed by atoms with Gasteiger partial charge in [0, 0.05) is 53.9 Å². The van der Waals surface area contributed by atoms with Gasteiger partial charge in [-0.2, -0.15) is 0 Å². The fourth-order valence-corrected chi connectivity index (χ4v) is 7.05. The Hall–Kier alpha value is -2.93. The van der Waals surface area contributed by atoms with E-state index in [1.54, 1.807) is 17.5 Å². The number of amides is 3. The maximum absolute atomic E-state index is 12.3. The third-order valence-electron chi connectivity index (χ3n) is 8.24. The number of benzene rings is 1. The number of ether oxygens (including phenoxy) is 2. The highest BCUT2D eigenvalue weighted by molar-refractivity contribution is 7.19. The number of aryl methyl sites for hydroxylation is 1. The average Bonchev–Trinajstić information content (AvgIpc) is 3.69. The molecule has 2 saturated heterocycles. The summed E-state index contributed by atoms with van der Waals surface area (Å²) >= 11 is 7.89. The number of imide groups is 1. The summed E-state index contributed by atoms with van der Waals surface area (Å²) in [6.45, 7) is 15.0. The van der Waals surface area contributed by atoms with Crippen LogP contribution in [0.2, 0.25) is 5.02 Å². The van der Waals surface area contributed by atoms with Gasteiger partial charge < -0.3 is 25.4 Å². The van der Waals surface area contributed by atoms with Gasteiger partial charge in [-0.3, -0.25) is 24.3 Å². The zero-order chi connectivity index (χ0) is 33.4. The first-order chi connectivity index (χ1) is 22.2. The zero-order valence-electron chi connectivity index (χ0n) is 27.4. The molecule has 4 heterocycles. The van der Waals surface area contributed by atoms with E-state index in [2.05, 4.69) is 31.1 Å². The number of nitrogens with zero attached hydrogens (tertiary/aromatic N) is 3. The lowest BCUT2D eigenvalue weighted by atomic mass is 9.97. The van der Waals surface area contributed by atoms with Crippen molar-refractivity contribution >= 4 is 50.9 Å². The summed E-state index contributed by atoms with van der Waals surface area (Å²) in [4.78, 5) is 45.0. The number of likely N-dealkylation sites (tertiary alicyclic amines) is 1. The van der Waals surface area contributed by atoms with E-state index in [-0.39, 0.29) is 36.2 Å². The molecule has 10 nitrogen and oxygen atoms in total. The number of carbonyl (C=O) groups excluding carboxylic acids is 3. The molecule has 3 fully saturated rings. The number of nitrogens with two attached hydrogens (primary N) is 1. The number of aromatic nitrogens is 1. The van der Waals surface area contributed by atoms with Crippen molar-refractivity contribution in [2.45, 2.75) is 53.6 Å². The fraction of sp³-hybridized carbons (Fsp3) is 0.529. The van der Waals surface area contributed by atoms with Crippen LogP contribution in [0, 0.1) is 25.7 Å². The molecule has 46 heavy (non-hydrogen) atoms. The maximum Gasteiger partial charge on any atom is 0.248 e. The zero-order valence-corrected chi connectivity index (χ0v) is 29.0. The van der Waals surface area contributed by atoms with E-state index in [1.165, 1.54) is 10.5 Å². The van der Waals surface area contributed by atoms with E-state index in [0.29, 0.717) is 44.0 Å². The molecule has 3 unspecified atom stereocenters. The SMILES string of the molecule is CC.CC1CN(C(=O)COCCOCCN)CCN1.Cc1cc(Cl)cc(-c2ccnc3cc(CN4C(=O)C5CC5C4=O)sc23)c1C. The second kappa shape index (κ2) is 16.8. The van der Waals surface area contributed by atoms with Gasteiger partial charge in [-0.1, -0.05) is 25.4 Å². The van der Waals surface area contributed by atoms with Crippen molar-refractivity contribution in [3.63, 3.8) is 0 Å². The number of carbonyl (C=O) groups is 3. The van der Waals surface area contributed by atoms with Gasteiger partial charge in [0.2, 0.25) is 17.7 Å². The summed E-state index contributed by atoms with van der Waals surface area (Å²) < 4.78 is 11.5. The standard InChI is InChI=1S/C21H17ClN2O2S.C11H23N3O3.C2H6/c1-10-5-12(22)6-15(11(10)2)14-3-4-23-18-7-13(27-19(14)18)9-24-20(25)16-8-17(16)21(24)26;1-10-8-14(4-3-13-10)11(15)9-17-7-6-16-5-2-12;1-2/h3-7,16-17H,8-9H2,1-2H3;10,13H,2-9,12H2,1H3;1-2H3. The number of piperazine rings is 1. The third kappa shape index (κ3) is 8.70. The Labute approximate surface area is 280 Å². The van der Waals surface area contributed by atoms with Crippen LogP contribution in [0.4, 0.5) is 0 Å². The molecule has 3 aliphatic rings. The second-order valence-corrected chi connectivity index (χ2v) is 13.1. The molecule has 0 spiro atoms. The van der Waals surface area contributed by atoms with E-state index in [0.717, 1.165) is 57.8 Å². The molecule has 1 aromatic carbocycles. The summed E-state index contributed by atoms with van der Waals surface area (Å²) in [5.74, 6) is -0.0960. The molecule has 3 atom stereocenters. The number of fused-ring (bicyclic) bond motifs is 2. The summed E-state index contributed by atoms with van der Waals surface area (Å²) in [5, 5.41) is 4.00. The molecule has 1 aliphatic carbocycles. The van der Waals surface area contributed by atoms with Crippen molar-refractivity contribution in [3.8, 4) is 11.1 Å². The first kappa shape index (κ1) is 35.9. The number of thiophene rings is 1. The topological polar surface area (TPSA) is 127 Å². The van der Waals surface area contributed by atoms with Crippen molar-refractivity contribution < 1.29 is 23.9 Å². The Bertz CT molecular complexity index is 1510. The Kier molecular flexibility index (Phi) is 13.1. The number of piperidine rings is 1. The van der Waals surface area contributed by atoms with Gasteiger partial charge in [-0.25, -0.2) is 0 Å². The molecule has 0 bridgehead atoms. The van der Waals surface area contributed by atoms with Crippen LogP contribution in [0.15, 0.2) is 30.5 Å². The first-order valence-corrected chi connectivity index (χ1v) is 17.2. The molecule has 2 aliphatic heterocycles. The van der Waals surface area contributed by atoms with E-state index in [1.807, 2.05) is 43.0 Å². The molecule has 12 heteroatoms. The summed E-state index contributed by atoms with van der Waals surface area (Å²) in [5.41, 5.74) is 10.7. The smallest absolute Gasteiger partial charge is 0.248 e. The van der Waals surface area contributed by atoms with Crippen molar-refractivity contribution in [2.75, 3.05) is 52.6 Å². The van der Waals surface area contributed by atoms with Gasteiger partial charge in [0.15, 0.2) is 0 Å². The molecule has 3 amide bonds. The van der Waals surface area contributed by atoms with E-state index in [9.17, 15) is 14.4 Å². The minimum Gasteiger partial charge on any atom is -0.378 e. The molecule has 0 radical (unpaired) electrons. The van der Waals surface area contributed by atoms with Crippen molar-refractivity contribution in [3.05, 3.63) is 51.5 Å². The van der Waals surface area contributed by atoms with E-state index < -0.39 is 0 Å². The summed E-state index contributed by atoms with van der Waals surface area (Å²) in [6.07, 6.45) is 2.53. The number of hydrogen-bond acceptors (Lipinski definition) is 9. The molecule has 250 valence electrons. The third-order valence-corrected chi connectivity index (χ3v) is 9.60. The molecule has 3 N–H and O–H groups in total. The normalized spacial score (nSPS) is 20.2. The number of nitrogens with one attached hydrogen (secondary N) is 1. The quantitative estimate of drug-likeness (QED) is 0.237. The Morgan fingerprint density at radius 1 is 1.09 bits per heavy atom. The van der Waals surface area contributed by atoms with Crippen LogP contribution in [-0.2, 0) is 30.4 Å². The summed E-state index contributed by atoms with van der Waals surface area (Å²) in [7, 11) is 0. The van der Waals surface area contributed by atoms with Gasteiger partial charge in [0.1, 0.15) is 6.61 Å². The van der Waals surface area contributed by atoms with Crippen LogP contribution >= 0.6 is 22.9 Å². The van der Waals surface area contributed by atoms with Crippen LogP contribution in [0.5, 0.6) is 0 Å². The van der Waals surface area contributed by atoms with Gasteiger partial charge >= 0.3 is 0 Å². The average molecular weight is 672 g/mol. The highest BCUT2D eigenvalue weighted by Gasteiger charge is 2.58. The highest BCUT2D eigenvalue weighted by atomic mass is 35.5. The maximum atomic E-state index is 12.3. The Morgan fingerprint density at radius 2 is 1.80 bits per heavy atom. The van der Waals surface area contributed by atoms with Crippen molar-refractivity contribution in [1.29, 1.82) is 0 Å². The molecule has 3 aromatic rings. The van der Waals surface area contributed by atoms with Gasteiger partial charge in [-0.05, 0) is 68.1 Å². The largest absolute Gasteiger partial charge is 0.378 e. The lowest BCUT2D eigenvalue weighted by Gasteiger charge is -2.31. The van der Waals surface area contributed by atoms with Gasteiger partial charge in [0.05, 0.1) is 48.4 Å². The summed E-state index contributed by atoms with van der Waals surface area (Å²) in [6, 6.07) is 8.30. The fourth-order valence-electron chi connectivity index (χ4n) is 5.65. The van der Waals surface area contributed by atoms with Gasteiger partial charge in [0.25, 0.3) is 0 Å². The minimum atomic E-state index is -0.0577. The molecular formula is C34H46ClN5O5S. The number of rotatable bonds is 10. The Morgan fingerprint density at radius 3 is 2.50 bits per heavy atom. The van der Waals surface area contributed by atoms with Crippen LogP contribution in [0.1, 0.15) is 43.2 Å².